The summed E-state index contributed by atoms with van der Waals surface area (Å²) in [4.78, 5) is 44.2. The highest BCUT2D eigenvalue weighted by Gasteiger charge is 2.29. The number of methoxy groups -OCH3 is 1. The van der Waals surface area contributed by atoms with Crippen LogP contribution in [0, 0.1) is 12.7 Å². The first-order valence-electron chi connectivity index (χ1n) is 9.83. The number of carbonyl (C=O) groups is 2. The lowest BCUT2D eigenvalue weighted by atomic mass is 10.0. The van der Waals surface area contributed by atoms with Crippen molar-refractivity contribution in [3.63, 3.8) is 0 Å². The van der Waals surface area contributed by atoms with Crippen molar-refractivity contribution in [3.05, 3.63) is 87.5 Å². The first kappa shape index (κ1) is 21.6. The summed E-state index contributed by atoms with van der Waals surface area (Å²) in [7, 11) is 1.23. The van der Waals surface area contributed by atoms with E-state index in [1.54, 1.807) is 54.8 Å². The molecule has 0 fully saturated rings. The molecule has 2 aromatic heterocycles. The maximum atomic E-state index is 13.7. The van der Waals surface area contributed by atoms with E-state index in [1.165, 1.54) is 35.1 Å². The fourth-order valence-electron chi connectivity index (χ4n) is 3.65. The largest absolute Gasteiger partial charge is 0.469 e. The molecule has 4 aromatic rings. The van der Waals surface area contributed by atoms with Gasteiger partial charge >= 0.3 is 5.97 Å². The molecule has 0 aliphatic heterocycles. The second-order valence-corrected chi connectivity index (χ2v) is 8.06. The van der Waals surface area contributed by atoms with E-state index in [0.29, 0.717) is 32.7 Å². The Morgan fingerprint density at radius 1 is 1.12 bits per heavy atom. The van der Waals surface area contributed by atoms with Crippen LogP contribution < -0.4 is 5.56 Å². The molecular formula is C24H19FN2O4S. The molecule has 0 aliphatic rings. The molecule has 6 nitrogen and oxygen atoms in total. The van der Waals surface area contributed by atoms with Gasteiger partial charge in [-0.3, -0.25) is 19.0 Å². The maximum absolute atomic E-state index is 13.7. The Morgan fingerprint density at radius 2 is 1.81 bits per heavy atom. The van der Waals surface area contributed by atoms with E-state index >= 15 is 0 Å². The average Bonchev–Trinajstić information content (AvgIpc) is 3.22. The summed E-state index contributed by atoms with van der Waals surface area (Å²) in [6.07, 6.45) is -0.311. The third kappa shape index (κ3) is 3.97. The number of hydrogen-bond acceptors (Lipinski definition) is 6. The number of hydrogen-bond donors (Lipinski definition) is 0. The zero-order valence-corrected chi connectivity index (χ0v) is 18.2. The van der Waals surface area contributed by atoms with Gasteiger partial charge in [0.1, 0.15) is 22.5 Å². The third-order valence-corrected chi connectivity index (χ3v) is 6.10. The van der Waals surface area contributed by atoms with Gasteiger partial charge in [-0.25, -0.2) is 9.37 Å². The Morgan fingerprint density at radius 3 is 2.47 bits per heavy atom. The molecular weight excluding hydrogens is 431 g/mol. The first-order chi connectivity index (χ1) is 15.4. The number of benzene rings is 2. The number of ketones is 1. The Hall–Kier alpha value is -3.65. The van der Waals surface area contributed by atoms with Crippen LogP contribution in [0.2, 0.25) is 0 Å². The van der Waals surface area contributed by atoms with E-state index in [0.717, 1.165) is 0 Å². The van der Waals surface area contributed by atoms with Gasteiger partial charge < -0.3 is 4.74 Å². The Labute approximate surface area is 186 Å². The van der Waals surface area contributed by atoms with E-state index in [-0.39, 0.29) is 18.0 Å². The zero-order chi connectivity index (χ0) is 22.8. The molecule has 0 amide bonds. The normalized spacial score (nSPS) is 12.0. The van der Waals surface area contributed by atoms with Crippen molar-refractivity contribution < 1.29 is 18.7 Å². The SMILES string of the molecule is COC(=O)CC(C(=O)c1ccccc1)n1c(C)nc2scc(-c3ccc(F)cc3)c2c1=O. The molecule has 0 aliphatic carbocycles. The van der Waals surface area contributed by atoms with Gasteiger partial charge in [0.15, 0.2) is 5.78 Å². The van der Waals surface area contributed by atoms with Crippen molar-refractivity contribution in [3.8, 4) is 11.1 Å². The van der Waals surface area contributed by atoms with E-state index in [1.807, 2.05) is 0 Å². The summed E-state index contributed by atoms with van der Waals surface area (Å²) >= 11 is 1.29. The molecule has 2 heterocycles. The van der Waals surface area contributed by atoms with Gasteiger partial charge in [-0.2, -0.15) is 0 Å². The molecule has 162 valence electrons. The minimum absolute atomic E-state index is 0.311. The van der Waals surface area contributed by atoms with Crippen LogP contribution in [-0.2, 0) is 9.53 Å². The quantitative estimate of drug-likeness (QED) is 0.318. The summed E-state index contributed by atoms with van der Waals surface area (Å²) < 4.78 is 19.4. The number of aryl methyl sites for hydroxylation is 1. The zero-order valence-electron chi connectivity index (χ0n) is 17.4. The predicted octanol–water partition coefficient (Wildman–Crippen LogP) is 4.56. The van der Waals surface area contributed by atoms with Crippen molar-refractivity contribution in [1.29, 1.82) is 0 Å². The minimum Gasteiger partial charge on any atom is -0.469 e. The lowest BCUT2D eigenvalue weighted by molar-refractivity contribution is -0.141. The highest BCUT2D eigenvalue weighted by molar-refractivity contribution is 7.17. The summed E-state index contributed by atoms with van der Waals surface area (Å²) in [6.45, 7) is 1.63. The lowest BCUT2D eigenvalue weighted by Gasteiger charge is -2.20. The Bertz CT molecular complexity index is 1360. The Kier molecular flexibility index (Phi) is 5.96. The smallest absolute Gasteiger partial charge is 0.308 e. The van der Waals surface area contributed by atoms with Crippen LogP contribution in [0.25, 0.3) is 21.3 Å². The topological polar surface area (TPSA) is 78.3 Å². The van der Waals surface area contributed by atoms with E-state index in [4.69, 9.17) is 4.74 Å². The number of esters is 1. The number of rotatable bonds is 6. The lowest BCUT2D eigenvalue weighted by Crippen LogP contribution is -2.34. The molecule has 1 atom stereocenters. The van der Waals surface area contributed by atoms with Crippen LogP contribution in [0.15, 0.2) is 64.8 Å². The number of fused-ring (bicyclic) bond motifs is 1. The van der Waals surface area contributed by atoms with Gasteiger partial charge in [0.25, 0.3) is 5.56 Å². The monoisotopic (exact) mass is 450 g/mol. The molecule has 2 aromatic carbocycles. The predicted molar refractivity (Wildman–Crippen MR) is 120 cm³/mol. The molecule has 0 spiro atoms. The van der Waals surface area contributed by atoms with Gasteiger partial charge in [-0.15, -0.1) is 11.3 Å². The number of thiophene rings is 1. The van der Waals surface area contributed by atoms with Crippen LogP contribution in [0.5, 0.6) is 0 Å². The van der Waals surface area contributed by atoms with Crippen molar-refractivity contribution in [2.45, 2.75) is 19.4 Å². The number of ether oxygens (including phenoxy) is 1. The van der Waals surface area contributed by atoms with Crippen LogP contribution >= 0.6 is 11.3 Å². The number of aromatic nitrogens is 2. The maximum Gasteiger partial charge on any atom is 0.308 e. The summed E-state index contributed by atoms with van der Waals surface area (Å²) in [6, 6.07) is 13.2. The fourth-order valence-corrected chi connectivity index (χ4v) is 4.63. The van der Waals surface area contributed by atoms with Crippen LogP contribution in [-0.4, -0.2) is 28.4 Å². The highest BCUT2D eigenvalue weighted by Crippen LogP contribution is 2.32. The van der Waals surface area contributed by atoms with Crippen molar-refractivity contribution in [2.75, 3.05) is 7.11 Å². The van der Waals surface area contributed by atoms with Crippen LogP contribution in [0.3, 0.4) is 0 Å². The summed E-state index contributed by atoms with van der Waals surface area (Å²) in [5.41, 5.74) is 1.19. The summed E-state index contributed by atoms with van der Waals surface area (Å²) in [5.74, 6) is -1.07. The molecule has 8 heteroatoms. The standard InChI is InChI=1S/C24H19FN2O4S/c1-14-26-23-21(18(13-32-23)15-8-10-17(25)11-9-15)24(30)27(14)19(12-20(28)31-2)22(29)16-6-4-3-5-7-16/h3-11,13,19H,12H2,1-2H3. The van der Waals surface area contributed by atoms with E-state index < -0.39 is 17.6 Å². The highest BCUT2D eigenvalue weighted by atomic mass is 32.1. The molecule has 0 saturated heterocycles. The molecule has 0 saturated carbocycles. The van der Waals surface area contributed by atoms with Crippen molar-refractivity contribution in [1.82, 2.24) is 9.55 Å². The second-order valence-electron chi connectivity index (χ2n) is 7.20. The van der Waals surface area contributed by atoms with Crippen LogP contribution in [0.1, 0.15) is 28.6 Å². The van der Waals surface area contributed by atoms with Crippen LogP contribution in [0.4, 0.5) is 4.39 Å². The minimum atomic E-state index is -1.12. The van der Waals surface area contributed by atoms with Gasteiger partial charge in [0, 0.05) is 16.5 Å². The number of halogens is 1. The van der Waals surface area contributed by atoms with Gasteiger partial charge in [0.05, 0.1) is 18.9 Å². The van der Waals surface area contributed by atoms with Crippen molar-refractivity contribution >= 4 is 33.3 Å². The molecule has 0 radical (unpaired) electrons. The first-order valence-corrected chi connectivity index (χ1v) is 10.7. The molecule has 0 N–H and O–H groups in total. The second kappa shape index (κ2) is 8.84. The fraction of sp³-hybridized carbons (Fsp3) is 0.167. The van der Waals surface area contributed by atoms with E-state index in [9.17, 15) is 18.8 Å². The molecule has 32 heavy (non-hydrogen) atoms. The number of Topliss-reactive ketones (excluding diaryl/α,β-unsaturated/α-hetero) is 1. The van der Waals surface area contributed by atoms with Gasteiger partial charge in [-0.05, 0) is 24.6 Å². The molecule has 1 unspecified atom stereocenters. The van der Waals surface area contributed by atoms with E-state index in [2.05, 4.69) is 4.98 Å². The number of nitrogens with zero attached hydrogens (tertiary/aromatic N) is 2. The average molecular weight is 450 g/mol. The van der Waals surface area contributed by atoms with Gasteiger partial charge in [-0.1, -0.05) is 42.5 Å². The molecule has 0 bridgehead atoms. The third-order valence-electron chi connectivity index (χ3n) is 5.23. The number of carbonyl (C=O) groups excluding carboxylic acids is 2. The molecule has 4 rings (SSSR count). The van der Waals surface area contributed by atoms with Gasteiger partial charge in [0.2, 0.25) is 0 Å². The van der Waals surface area contributed by atoms with Crippen molar-refractivity contribution in [2.24, 2.45) is 0 Å². The Balaban J connectivity index is 1.92. The summed E-state index contributed by atoms with van der Waals surface area (Å²) in [5, 5.41) is 2.10.